The van der Waals surface area contributed by atoms with E-state index < -0.39 is 0 Å². The summed E-state index contributed by atoms with van der Waals surface area (Å²) in [7, 11) is 0. The van der Waals surface area contributed by atoms with Crippen molar-refractivity contribution in [3.05, 3.63) is 22.6 Å². The molecule has 0 bridgehead atoms. The minimum absolute atomic E-state index is 0.237. The van der Waals surface area contributed by atoms with Gasteiger partial charge in [0.2, 0.25) is 0 Å². The molecule has 1 aromatic heterocycles. The molecule has 2 nitrogen and oxygen atoms in total. The first-order valence-electron chi connectivity index (χ1n) is 5.23. The van der Waals surface area contributed by atoms with E-state index in [4.69, 9.17) is 0 Å². The van der Waals surface area contributed by atoms with Crippen molar-refractivity contribution in [1.82, 2.24) is 4.98 Å². The lowest BCUT2D eigenvalue weighted by Gasteiger charge is -2.31. The maximum Gasteiger partial charge on any atom is 0.166 e. The van der Waals surface area contributed by atoms with Gasteiger partial charge in [-0.2, -0.15) is 0 Å². The quantitative estimate of drug-likeness (QED) is 0.781. The average molecular weight is 273 g/mol. The van der Waals surface area contributed by atoms with Crippen LogP contribution < -0.4 is 4.90 Å². The summed E-state index contributed by atoms with van der Waals surface area (Å²) in [4.78, 5) is 6.16. The maximum absolute atomic E-state index is 13.6. The molecule has 1 fully saturated rings. The number of aromatic nitrogens is 1. The van der Waals surface area contributed by atoms with Gasteiger partial charge in [-0.1, -0.05) is 6.92 Å². The molecule has 0 saturated carbocycles. The fourth-order valence-corrected chi connectivity index (χ4v) is 2.16. The fraction of sp³-hybridized carbons (Fsp3) is 0.545. The molecule has 0 spiro atoms. The minimum Gasteiger partial charge on any atom is -0.354 e. The summed E-state index contributed by atoms with van der Waals surface area (Å²) < 4.78 is 14.3. The van der Waals surface area contributed by atoms with Crippen molar-refractivity contribution >= 4 is 21.7 Å². The lowest BCUT2D eigenvalue weighted by molar-refractivity contribution is 0.432. The number of hydrogen-bond acceptors (Lipinski definition) is 2. The van der Waals surface area contributed by atoms with Gasteiger partial charge in [0.1, 0.15) is 0 Å². The molecule has 1 saturated heterocycles. The molecule has 0 aromatic carbocycles. The van der Waals surface area contributed by atoms with Crippen molar-refractivity contribution < 1.29 is 4.39 Å². The van der Waals surface area contributed by atoms with Crippen LogP contribution in [0.3, 0.4) is 0 Å². The zero-order valence-corrected chi connectivity index (χ0v) is 10.3. The third kappa shape index (κ3) is 2.48. The molecule has 15 heavy (non-hydrogen) atoms. The SMILES string of the molecule is CC1CCN(c2ncc(Br)cc2F)CC1. The van der Waals surface area contributed by atoms with Gasteiger partial charge >= 0.3 is 0 Å². The second-order valence-electron chi connectivity index (χ2n) is 4.13. The summed E-state index contributed by atoms with van der Waals surface area (Å²) in [5.41, 5.74) is 0. The lowest BCUT2D eigenvalue weighted by atomic mass is 9.99. The zero-order chi connectivity index (χ0) is 10.8. The van der Waals surface area contributed by atoms with E-state index in [0.717, 1.165) is 31.8 Å². The van der Waals surface area contributed by atoms with Crippen LogP contribution in [0.2, 0.25) is 0 Å². The van der Waals surface area contributed by atoms with Gasteiger partial charge in [0.15, 0.2) is 11.6 Å². The van der Waals surface area contributed by atoms with Gasteiger partial charge in [-0.3, -0.25) is 0 Å². The second-order valence-corrected chi connectivity index (χ2v) is 5.04. The number of rotatable bonds is 1. The summed E-state index contributed by atoms with van der Waals surface area (Å²) >= 11 is 3.21. The Balaban J connectivity index is 2.15. The monoisotopic (exact) mass is 272 g/mol. The van der Waals surface area contributed by atoms with Crippen LogP contribution in [0.1, 0.15) is 19.8 Å². The topological polar surface area (TPSA) is 16.1 Å². The highest BCUT2D eigenvalue weighted by molar-refractivity contribution is 9.10. The number of pyridine rings is 1. The van der Waals surface area contributed by atoms with Gasteiger partial charge in [-0.05, 0) is 40.8 Å². The first-order chi connectivity index (χ1) is 7.16. The van der Waals surface area contributed by atoms with E-state index in [1.165, 1.54) is 6.07 Å². The van der Waals surface area contributed by atoms with Gasteiger partial charge in [-0.15, -0.1) is 0 Å². The molecule has 0 atom stereocenters. The van der Waals surface area contributed by atoms with Crippen LogP contribution in [0.15, 0.2) is 16.7 Å². The van der Waals surface area contributed by atoms with Crippen molar-refractivity contribution in [1.29, 1.82) is 0 Å². The summed E-state index contributed by atoms with van der Waals surface area (Å²) in [6, 6.07) is 1.47. The highest BCUT2D eigenvalue weighted by Gasteiger charge is 2.19. The van der Waals surface area contributed by atoms with Gasteiger partial charge in [0.05, 0.1) is 0 Å². The predicted molar refractivity (Wildman–Crippen MR) is 62.5 cm³/mol. The van der Waals surface area contributed by atoms with E-state index in [1.807, 2.05) is 4.90 Å². The maximum atomic E-state index is 13.6. The third-order valence-electron chi connectivity index (χ3n) is 2.87. The summed E-state index contributed by atoms with van der Waals surface area (Å²) in [5.74, 6) is 1.00. The smallest absolute Gasteiger partial charge is 0.166 e. The Morgan fingerprint density at radius 3 is 2.73 bits per heavy atom. The van der Waals surface area contributed by atoms with Crippen LogP contribution in [0, 0.1) is 11.7 Å². The van der Waals surface area contributed by atoms with Gasteiger partial charge in [-0.25, -0.2) is 9.37 Å². The highest BCUT2D eigenvalue weighted by Crippen LogP contribution is 2.24. The van der Waals surface area contributed by atoms with Crippen LogP contribution in [-0.2, 0) is 0 Å². The van der Waals surface area contributed by atoms with E-state index in [-0.39, 0.29) is 5.82 Å². The van der Waals surface area contributed by atoms with E-state index in [2.05, 4.69) is 27.8 Å². The molecule has 0 amide bonds. The van der Waals surface area contributed by atoms with Crippen molar-refractivity contribution in [2.75, 3.05) is 18.0 Å². The Morgan fingerprint density at radius 1 is 1.47 bits per heavy atom. The third-order valence-corrected chi connectivity index (χ3v) is 3.31. The summed E-state index contributed by atoms with van der Waals surface area (Å²) in [6.07, 6.45) is 3.89. The van der Waals surface area contributed by atoms with Crippen LogP contribution >= 0.6 is 15.9 Å². The molecule has 2 heterocycles. The molecule has 2 rings (SSSR count). The van der Waals surface area contributed by atoms with Gasteiger partial charge in [0, 0.05) is 23.8 Å². The first kappa shape index (κ1) is 10.9. The van der Waals surface area contributed by atoms with E-state index >= 15 is 0 Å². The molecular weight excluding hydrogens is 259 g/mol. The van der Waals surface area contributed by atoms with E-state index in [1.54, 1.807) is 6.20 Å². The lowest BCUT2D eigenvalue weighted by Crippen LogP contribution is -2.34. The van der Waals surface area contributed by atoms with Crippen molar-refractivity contribution in [2.24, 2.45) is 5.92 Å². The molecule has 0 radical (unpaired) electrons. The van der Waals surface area contributed by atoms with Crippen LogP contribution in [0.5, 0.6) is 0 Å². The Labute approximate surface area is 97.6 Å². The van der Waals surface area contributed by atoms with Crippen LogP contribution in [0.4, 0.5) is 10.2 Å². The number of nitrogens with zero attached hydrogens (tertiary/aromatic N) is 2. The average Bonchev–Trinajstić information content (AvgIpc) is 2.20. The van der Waals surface area contributed by atoms with E-state index in [0.29, 0.717) is 10.3 Å². The molecule has 82 valence electrons. The first-order valence-corrected chi connectivity index (χ1v) is 6.02. The number of piperidine rings is 1. The standard InChI is InChI=1S/C11H14BrFN2/c1-8-2-4-15(5-3-8)11-10(13)6-9(12)7-14-11/h6-8H,2-5H2,1H3. The summed E-state index contributed by atoms with van der Waals surface area (Å²) in [5, 5.41) is 0. The number of halogens is 2. The Morgan fingerprint density at radius 2 is 2.13 bits per heavy atom. The fourth-order valence-electron chi connectivity index (χ4n) is 1.86. The Hall–Kier alpha value is -0.640. The predicted octanol–water partition coefficient (Wildman–Crippen LogP) is 3.22. The zero-order valence-electron chi connectivity index (χ0n) is 8.71. The largest absolute Gasteiger partial charge is 0.354 e. The van der Waals surface area contributed by atoms with Crippen LogP contribution in [0.25, 0.3) is 0 Å². The Kier molecular flexibility index (Phi) is 3.24. The van der Waals surface area contributed by atoms with Crippen molar-refractivity contribution in [2.45, 2.75) is 19.8 Å². The van der Waals surface area contributed by atoms with Crippen LogP contribution in [-0.4, -0.2) is 18.1 Å². The van der Waals surface area contributed by atoms with Crippen molar-refractivity contribution in [3.8, 4) is 0 Å². The minimum atomic E-state index is -0.237. The molecular formula is C11H14BrFN2. The normalized spacial score (nSPS) is 18.2. The molecule has 1 aliphatic rings. The number of anilines is 1. The molecule has 1 aromatic rings. The Bertz CT molecular complexity index is 348. The molecule has 0 N–H and O–H groups in total. The summed E-state index contributed by atoms with van der Waals surface area (Å²) in [6.45, 7) is 4.06. The van der Waals surface area contributed by atoms with Crippen molar-refractivity contribution in [3.63, 3.8) is 0 Å². The van der Waals surface area contributed by atoms with E-state index in [9.17, 15) is 4.39 Å². The van der Waals surface area contributed by atoms with Gasteiger partial charge in [0.25, 0.3) is 0 Å². The van der Waals surface area contributed by atoms with Gasteiger partial charge < -0.3 is 4.90 Å². The highest BCUT2D eigenvalue weighted by atomic mass is 79.9. The molecule has 0 aliphatic carbocycles. The molecule has 1 aliphatic heterocycles. The molecule has 4 heteroatoms. The molecule has 0 unspecified atom stereocenters. The number of hydrogen-bond donors (Lipinski definition) is 0. The second kappa shape index (κ2) is 4.47.